The van der Waals surface area contributed by atoms with E-state index in [-0.39, 0.29) is 5.89 Å². The second-order valence-electron chi connectivity index (χ2n) is 1.50. The number of rotatable bonds is 0. The van der Waals surface area contributed by atoms with Crippen molar-refractivity contribution < 1.29 is 1.37 Å². The Bertz CT molecular complexity index is 19.1. The third kappa shape index (κ3) is 0. The zero-order chi connectivity index (χ0) is 4.50. The van der Waals surface area contributed by atoms with E-state index in [0.717, 1.165) is 0 Å². The maximum Gasteiger partial charge on any atom is 0.0294 e. The van der Waals surface area contributed by atoms with E-state index < -0.39 is 0 Å². The van der Waals surface area contributed by atoms with Crippen LogP contribution in [0.4, 0.5) is 0 Å². The van der Waals surface area contributed by atoms with E-state index >= 15 is 0 Å². The largest absolute Gasteiger partial charge is 0.0630 e. The smallest absolute Gasteiger partial charge is 0.0294 e. The molecule has 0 bridgehead atoms. The molecule has 26 valence electrons. The van der Waals surface area contributed by atoms with Crippen molar-refractivity contribution >= 4 is 0 Å². The summed E-state index contributed by atoms with van der Waals surface area (Å²) < 4.78 is 6.94. The van der Waals surface area contributed by atoms with E-state index in [1.807, 2.05) is 20.8 Å². The Hall–Kier alpha value is 0. The van der Waals surface area contributed by atoms with Gasteiger partial charge in [-0.05, 0) is 5.89 Å². The summed E-state index contributed by atoms with van der Waals surface area (Å²) in [4.78, 5) is 0. The van der Waals surface area contributed by atoms with Crippen LogP contribution in [0.1, 0.15) is 22.1 Å². The molecule has 0 N–H and O–H groups in total. The molecule has 0 atom stereocenters. The fourth-order valence-electron chi connectivity index (χ4n) is 0. The predicted octanol–water partition coefficient (Wildman–Crippen LogP) is 1.66. The van der Waals surface area contributed by atoms with Crippen molar-refractivity contribution in [2.24, 2.45) is 5.89 Å². The van der Waals surface area contributed by atoms with Crippen LogP contribution in [0.15, 0.2) is 0 Å². The molecule has 0 spiro atoms. The molecule has 0 aliphatic rings. The predicted molar refractivity (Wildman–Crippen MR) is 20.5 cm³/mol. The first-order chi connectivity index (χ1) is 2.00. The van der Waals surface area contributed by atoms with Crippen LogP contribution in [0.3, 0.4) is 0 Å². The van der Waals surface area contributed by atoms with Crippen LogP contribution in [-0.2, 0) is 0 Å². The summed E-state index contributed by atoms with van der Waals surface area (Å²) in [5.74, 6) is -0.250. The van der Waals surface area contributed by atoms with Crippen LogP contribution >= 0.6 is 0 Å². The second-order valence-corrected chi connectivity index (χ2v) is 1.50. The Morgan fingerprint density at radius 2 is 1.50 bits per heavy atom. The van der Waals surface area contributed by atoms with Crippen LogP contribution in [-0.4, -0.2) is 0 Å². The van der Waals surface area contributed by atoms with Crippen LogP contribution in [0, 0.1) is 5.89 Å². The van der Waals surface area contributed by atoms with Gasteiger partial charge in [0.15, 0.2) is 0 Å². The molecule has 0 rings (SSSR count). The quantitative estimate of drug-likeness (QED) is 0.399. The Kier molecular flexibility index (Phi) is 0.750. The Morgan fingerprint density at radius 1 is 1.50 bits per heavy atom. The third-order valence-corrected chi connectivity index (χ3v) is 0. The highest BCUT2D eigenvalue weighted by Gasteiger charge is 1.68. The summed E-state index contributed by atoms with van der Waals surface area (Å²) in [6.07, 6.45) is 0. The first kappa shape index (κ1) is 2.25. The van der Waals surface area contributed by atoms with Gasteiger partial charge in [0, 0.05) is 1.37 Å². The van der Waals surface area contributed by atoms with E-state index in [4.69, 9.17) is 1.37 Å². The van der Waals surface area contributed by atoms with Gasteiger partial charge in [0.1, 0.15) is 0 Å². The maximum atomic E-state index is 6.94. The monoisotopic (exact) mass is 60.1 g/mol. The molecule has 0 radical (unpaired) electrons. The second kappa shape index (κ2) is 1.33. The van der Waals surface area contributed by atoms with Gasteiger partial charge in [-0.15, -0.1) is 0 Å². The Labute approximate surface area is 29.2 Å². The molecular weight excluding hydrogens is 48.0 g/mol. The SMILES string of the molecule is [3H]C(C)(C)C. The van der Waals surface area contributed by atoms with Crippen molar-refractivity contribution in [2.75, 3.05) is 0 Å². The fraction of sp³-hybridized carbons (Fsp3) is 1.00. The van der Waals surface area contributed by atoms with Gasteiger partial charge in [0.2, 0.25) is 0 Å². The molecule has 0 nitrogen and oxygen atoms in total. The highest BCUT2D eigenvalue weighted by molar-refractivity contribution is 4.20. The van der Waals surface area contributed by atoms with Gasteiger partial charge in [-0.3, -0.25) is 0 Å². The molecule has 0 heterocycles. The van der Waals surface area contributed by atoms with Crippen molar-refractivity contribution in [3.63, 3.8) is 0 Å². The van der Waals surface area contributed by atoms with Gasteiger partial charge in [0.05, 0.1) is 0 Å². The third-order valence-electron chi connectivity index (χ3n) is 0. The van der Waals surface area contributed by atoms with E-state index in [0.29, 0.717) is 0 Å². The zero-order valence-electron chi connectivity index (χ0n) is 4.50. The van der Waals surface area contributed by atoms with Gasteiger partial charge >= 0.3 is 0 Å². The van der Waals surface area contributed by atoms with Gasteiger partial charge in [0.25, 0.3) is 0 Å². The van der Waals surface area contributed by atoms with Crippen LogP contribution < -0.4 is 0 Å². The summed E-state index contributed by atoms with van der Waals surface area (Å²) in [6.45, 7) is 5.56. The summed E-state index contributed by atoms with van der Waals surface area (Å²) >= 11 is 0. The lowest BCUT2D eigenvalue weighted by Gasteiger charge is -1.79. The normalized spacial score (nSPS) is 15.2. The van der Waals surface area contributed by atoms with Gasteiger partial charge < -0.3 is 0 Å². The average molecular weight is 60.1 g/mol. The molecule has 0 aromatic heterocycles. The lowest BCUT2D eigenvalue weighted by molar-refractivity contribution is 0.737. The average Bonchev–Trinajstić information content (AvgIpc) is 0.722. The minimum atomic E-state index is -0.250. The summed E-state index contributed by atoms with van der Waals surface area (Å²) in [5.41, 5.74) is 0. The fourth-order valence-corrected chi connectivity index (χ4v) is 0. The lowest BCUT2D eigenvalue weighted by Crippen LogP contribution is -1.66. The molecule has 0 aromatic rings. The van der Waals surface area contributed by atoms with E-state index in [2.05, 4.69) is 0 Å². The van der Waals surface area contributed by atoms with Crippen molar-refractivity contribution in [3.8, 4) is 0 Å². The highest BCUT2D eigenvalue weighted by Crippen LogP contribution is 1.81. The molecule has 4 heavy (non-hydrogen) atoms. The standard InChI is InChI=1S/C4H10/c1-4(2)3/h4H,1-3H3/i4T. The molecule has 0 saturated heterocycles. The van der Waals surface area contributed by atoms with Crippen molar-refractivity contribution in [2.45, 2.75) is 20.8 Å². The highest BCUT2D eigenvalue weighted by atomic mass is 13.7. The minimum absolute atomic E-state index is 0.250. The van der Waals surface area contributed by atoms with Crippen molar-refractivity contribution in [1.29, 1.82) is 0 Å². The lowest BCUT2D eigenvalue weighted by atomic mass is 10.3. The summed E-state index contributed by atoms with van der Waals surface area (Å²) in [6, 6.07) is 0. The summed E-state index contributed by atoms with van der Waals surface area (Å²) in [5, 5.41) is 0. The van der Waals surface area contributed by atoms with Gasteiger partial charge in [-0.1, -0.05) is 20.8 Å². The topological polar surface area (TPSA) is 0 Å². The first-order valence-electron chi connectivity index (χ1n) is 2.00. The molecule has 0 fully saturated rings. The van der Waals surface area contributed by atoms with Gasteiger partial charge in [-0.2, -0.15) is 0 Å². The number of hydrogen-bond donors (Lipinski definition) is 0. The van der Waals surface area contributed by atoms with Crippen molar-refractivity contribution in [1.82, 2.24) is 0 Å². The molecular formula is C4H10. The zero-order valence-corrected chi connectivity index (χ0v) is 3.50. The molecule has 0 heteroatoms. The molecule has 0 unspecified atom stereocenters. The molecule has 0 aromatic carbocycles. The van der Waals surface area contributed by atoms with Crippen molar-refractivity contribution in [3.05, 3.63) is 0 Å². The van der Waals surface area contributed by atoms with E-state index in [1.54, 1.807) is 0 Å². The minimum Gasteiger partial charge on any atom is -0.0630 e. The Morgan fingerprint density at radius 3 is 1.50 bits per heavy atom. The first-order valence-corrected chi connectivity index (χ1v) is 1.50. The number of hydrogen-bond acceptors (Lipinski definition) is 0. The Balaban J connectivity index is 3.02. The molecule has 0 amide bonds. The van der Waals surface area contributed by atoms with Crippen LogP contribution in [0.5, 0.6) is 0 Å². The molecule has 0 aliphatic heterocycles. The summed E-state index contributed by atoms with van der Waals surface area (Å²) in [7, 11) is 0. The van der Waals surface area contributed by atoms with Crippen LogP contribution in [0.25, 0.3) is 0 Å². The molecule has 0 saturated carbocycles. The van der Waals surface area contributed by atoms with E-state index in [1.165, 1.54) is 0 Å². The molecule has 0 aliphatic carbocycles. The van der Waals surface area contributed by atoms with E-state index in [9.17, 15) is 0 Å². The maximum absolute atomic E-state index is 6.94. The van der Waals surface area contributed by atoms with Gasteiger partial charge in [-0.25, -0.2) is 0 Å². The van der Waals surface area contributed by atoms with Crippen LogP contribution in [0.2, 0.25) is 0 Å².